The summed E-state index contributed by atoms with van der Waals surface area (Å²) in [5.74, 6) is -0.412. The first-order valence-electron chi connectivity index (χ1n) is 8.65. The minimum Gasteiger partial charge on any atom is -0.326 e. The second-order valence-electron chi connectivity index (χ2n) is 6.32. The molecular weight excluding hydrogens is 381 g/mol. The summed E-state index contributed by atoms with van der Waals surface area (Å²) in [6, 6.07) is 11.6. The van der Waals surface area contributed by atoms with Crippen LogP contribution in [0.2, 0.25) is 5.02 Å². The van der Waals surface area contributed by atoms with Crippen molar-refractivity contribution in [3.05, 3.63) is 96.6 Å². The largest absolute Gasteiger partial charge is 0.326 e. The van der Waals surface area contributed by atoms with E-state index in [4.69, 9.17) is 17.3 Å². The summed E-state index contributed by atoms with van der Waals surface area (Å²) in [6.45, 7) is 1.77. The monoisotopic (exact) mass is 399 g/mol. The molecule has 0 aliphatic rings. The van der Waals surface area contributed by atoms with Gasteiger partial charge in [-0.2, -0.15) is 0 Å². The number of nitrogens with two attached hydrogens (primary N) is 1. The van der Waals surface area contributed by atoms with Gasteiger partial charge in [-0.25, -0.2) is 9.07 Å². The van der Waals surface area contributed by atoms with E-state index in [1.807, 2.05) is 18.2 Å². The number of hydrogen-bond acceptors (Lipinski definition) is 3. The van der Waals surface area contributed by atoms with Crippen molar-refractivity contribution in [2.45, 2.75) is 20.0 Å². The summed E-state index contributed by atoms with van der Waals surface area (Å²) in [4.78, 5) is 24.7. The van der Waals surface area contributed by atoms with E-state index in [1.54, 1.807) is 37.3 Å². The maximum Gasteiger partial charge on any atom is 0.313 e. The maximum atomic E-state index is 13.7. The number of aromatic amines is 1. The average Bonchev–Trinajstić information content (AvgIpc) is 2.70. The summed E-state index contributed by atoms with van der Waals surface area (Å²) in [7, 11) is 0. The van der Waals surface area contributed by atoms with Gasteiger partial charge in [0.15, 0.2) is 0 Å². The zero-order chi connectivity index (χ0) is 20.3. The van der Waals surface area contributed by atoms with Crippen molar-refractivity contribution >= 4 is 17.7 Å². The van der Waals surface area contributed by atoms with Gasteiger partial charge in [0.05, 0.1) is 12.2 Å². The van der Waals surface area contributed by atoms with Crippen LogP contribution in [0, 0.1) is 12.7 Å². The highest BCUT2D eigenvalue weighted by atomic mass is 35.5. The maximum absolute atomic E-state index is 13.7. The van der Waals surface area contributed by atoms with Gasteiger partial charge in [-0.15, -0.1) is 0 Å². The fraction of sp³-hybridized carbons (Fsp3) is 0.143. The summed E-state index contributed by atoms with van der Waals surface area (Å²) in [5, 5.41) is 3.61. The minimum atomic E-state index is -0.650. The molecule has 0 atom stereocenters. The molecule has 0 unspecified atom stereocenters. The van der Waals surface area contributed by atoms with Crippen LogP contribution in [0.4, 0.5) is 4.39 Å². The van der Waals surface area contributed by atoms with Crippen LogP contribution in [0.5, 0.6) is 0 Å². The molecule has 3 N–H and O–H groups in total. The van der Waals surface area contributed by atoms with Crippen molar-refractivity contribution in [3.63, 3.8) is 0 Å². The number of allylic oxidation sites excluding steroid dienone is 1. The summed E-state index contributed by atoms with van der Waals surface area (Å²) >= 11 is 5.86. The molecular formula is C21H19ClFN3O2. The molecule has 7 heteroatoms. The number of aromatic nitrogens is 2. The molecule has 2 aromatic carbocycles. The molecule has 0 spiro atoms. The van der Waals surface area contributed by atoms with Crippen LogP contribution in [0.1, 0.15) is 16.7 Å². The van der Waals surface area contributed by atoms with E-state index in [0.717, 1.165) is 5.56 Å². The van der Waals surface area contributed by atoms with E-state index >= 15 is 0 Å². The van der Waals surface area contributed by atoms with Gasteiger partial charge in [-0.3, -0.25) is 14.7 Å². The van der Waals surface area contributed by atoms with E-state index in [0.29, 0.717) is 21.8 Å². The average molecular weight is 400 g/mol. The number of nitrogens with zero attached hydrogens (tertiary/aromatic N) is 1. The van der Waals surface area contributed by atoms with Crippen molar-refractivity contribution < 1.29 is 4.39 Å². The predicted molar refractivity (Wildman–Crippen MR) is 110 cm³/mol. The van der Waals surface area contributed by atoms with Crippen LogP contribution >= 0.6 is 11.6 Å². The Balaban J connectivity index is 1.98. The normalized spacial score (nSPS) is 11.3. The van der Waals surface area contributed by atoms with E-state index in [9.17, 15) is 14.0 Å². The zero-order valence-corrected chi connectivity index (χ0v) is 16.0. The van der Waals surface area contributed by atoms with Gasteiger partial charge in [-0.1, -0.05) is 35.9 Å². The number of rotatable bonds is 5. The summed E-state index contributed by atoms with van der Waals surface area (Å²) in [6.07, 6.45) is 3.58. The van der Waals surface area contributed by atoms with E-state index in [2.05, 4.69) is 5.10 Å². The highest BCUT2D eigenvalue weighted by molar-refractivity contribution is 6.30. The molecule has 0 saturated carbocycles. The van der Waals surface area contributed by atoms with E-state index < -0.39 is 16.8 Å². The summed E-state index contributed by atoms with van der Waals surface area (Å²) in [5.41, 5.74) is 6.88. The molecule has 0 radical (unpaired) electrons. The zero-order valence-electron chi connectivity index (χ0n) is 15.2. The molecule has 0 aliphatic heterocycles. The van der Waals surface area contributed by atoms with E-state index in [1.165, 1.54) is 10.7 Å². The third-order valence-corrected chi connectivity index (χ3v) is 4.68. The Kier molecular flexibility index (Phi) is 5.92. The van der Waals surface area contributed by atoms with Crippen molar-refractivity contribution in [3.8, 4) is 11.3 Å². The summed E-state index contributed by atoms with van der Waals surface area (Å²) < 4.78 is 15.0. The Labute approximate surface area is 165 Å². The van der Waals surface area contributed by atoms with Crippen LogP contribution in [0.3, 0.4) is 0 Å². The molecule has 3 rings (SSSR count). The van der Waals surface area contributed by atoms with Crippen LogP contribution < -0.4 is 16.7 Å². The Morgan fingerprint density at radius 1 is 1.18 bits per heavy atom. The van der Waals surface area contributed by atoms with Crippen molar-refractivity contribution in [1.29, 1.82) is 0 Å². The lowest BCUT2D eigenvalue weighted by Crippen LogP contribution is -2.37. The lowest BCUT2D eigenvalue weighted by Gasteiger charge is -2.11. The molecule has 3 aromatic rings. The van der Waals surface area contributed by atoms with Gasteiger partial charge in [0.25, 0.3) is 0 Å². The van der Waals surface area contributed by atoms with Gasteiger partial charge in [-0.05, 0) is 42.8 Å². The third kappa shape index (κ3) is 4.13. The van der Waals surface area contributed by atoms with Crippen molar-refractivity contribution in [2.24, 2.45) is 5.73 Å². The van der Waals surface area contributed by atoms with Crippen LogP contribution in [-0.4, -0.2) is 9.78 Å². The van der Waals surface area contributed by atoms with Gasteiger partial charge in [0.1, 0.15) is 5.82 Å². The quantitative estimate of drug-likeness (QED) is 0.644. The first-order chi connectivity index (χ1) is 13.4. The topological polar surface area (TPSA) is 80.9 Å². The second kappa shape index (κ2) is 8.37. The van der Waals surface area contributed by atoms with Gasteiger partial charge >= 0.3 is 5.56 Å². The smallest absolute Gasteiger partial charge is 0.313 e. The second-order valence-corrected chi connectivity index (χ2v) is 6.76. The Morgan fingerprint density at radius 2 is 1.89 bits per heavy atom. The third-order valence-electron chi connectivity index (χ3n) is 4.42. The SMILES string of the molecule is Cc1c(-c2ccc(F)c(CN)c2)[nH]n(CC=Cc2ccc(Cl)cc2)c(=O)c1=O. The van der Waals surface area contributed by atoms with Gasteiger partial charge < -0.3 is 5.73 Å². The number of H-pyrrole nitrogens is 1. The molecule has 0 bridgehead atoms. The number of halogens is 2. The lowest BCUT2D eigenvalue weighted by molar-refractivity contribution is 0.610. The molecule has 1 heterocycles. The highest BCUT2D eigenvalue weighted by Gasteiger charge is 2.13. The fourth-order valence-electron chi connectivity index (χ4n) is 2.83. The number of nitrogens with one attached hydrogen (secondary N) is 1. The van der Waals surface area contributed by atoms with E-state index in [-0.39, 0.29) is 18.7 Å². The number of hydrogen-bond donors (Lipinski definition) is 2. The number of benzene rings is 2. The van der Waals surface area contributed by atoms with Gasteiger partial charge in [0, 0.05) is 28.3 Å². The molecule has 28 heavy (non-hydrogen) atoms. The molecule has 0 amide bonds. The van der Waals surface area contributed by atoms with Crippen LogP contribution in [-0.2, 0) is 13.1 Å². The first-order valence-corrected chi connectivity index (χ1v) is 9.03. The Hall–Kier alpha value is -2.96. The standard InChI is InChI=1S/C21H19ClFN3O2/c1-13-19(15-6-9-18(23)16(11-15)12-24)25-26(21(28)20(13)27)10-2-3-14-4-7-17(22)8-5-14/h2-9,11,25H,10,12,24H2,1H3. The highest BCUT2D eigenvalue weighted by Crippen LogP contribution is 2.21. The lowest BCUT2D eigenvalue weighted by atomic mass is 10.0. The molecule has 5 nitrogen and oxygen atoms in total. The van der Waals surface area contributed by atoms with Crippen molar-refractivity contribution in [2.75, 3.05) is 0 Å². The molecule has 0 saturated heterocycles. The molecule has 0 aliphatic carbocycles. The van der Waals surface area contributed by atoms with Crippen LogP contribution in [0.15, 0.2) is 58.1 Å². The Bertz CT molecular complexity index is 1150. The first kappa shape index (κ1) is 19.8. The fourth-order valence-corrected chi connectivity index (χ4v) is 2.96. The molecule has 1 aromatic heterocycles. The molecule has 144 valence electrons. The minimum absolute atomic E-state index is 0.0341. The Morgan fingerprint density at radius 3 is 2.57 bits per heavy atom. The predicted octanol–water partition coefficient (Wildman–Crippen LogP) is 3.48. The van der Waals surface area contributed by atoms with Crippen LogP contribution in [0.25, 0.3) is 17.3 Å². The van der Waals surface area contributed by atoms with Gasteiger partial charge in [0.2, 0.25) is 5.43 Å². The van der Waals surface area contributed by atoms with Crippen molar-refractivity contribution in [1.82, 2.24) is 9.78 Å². The molecule has 0 fully saturated rings.